The Kier molecular flexibility index (Phi) is 3.96. The molecule has 1 aliphatic heterocycles. The molecule has 0 aromatic carbocycles. The van der Waals surface area contributed by atoms with Gasteiger partial charge in [0.05, 0.1) is 12.9 Å². The Hall–Kier alpha value is -1.81. The molecule has 0 saturated carbocycles. The molecule has 0 bridgehead atoms. The highest BCUT2D eigenvalue weighted by molar-refractivity contribution is 5.82. The number of aliphatic hydroxyl groups is 2. The number of imidazole rings is 1. The number of nitrogens with zero attached hydrogens (tertiary/aromatic N) is 4. The van der Waals surface area contributed by atoms with Gasteiger partial charge in [-0.2, -0.15) is 0 Å². The third-order valence-corrected chi connectivity index (χ3v) is 3.81. The zero-order valence-electron chi connectivity index (χ0n) is 12.6. The third kappa shape index (κ3) is 2.22. The fourth-order valence-electron chi connectivity index (χ4n) is 2.73. The smallest absolute Gasteiger partial charge is 0.167 e. The number of anilines is 1. The normalized spacial score (nSPS) is 28.4. The number of methoxy groups -OCH3 is 1. The molecule has 1 fully saturated rings. The van der Waals surface area contributed by atoms with Crippen LogP contribution in [0.1, 0.15) is 12.1 Å². The molecule has 22 heavy (non-hydrogen) atoms. The summed E-state index contributed by atoms with van der Waals surface area (Å²) in [4.78, 5) is 13.0. The monoisotopic (exact) mass is 309 g/mol. The molecule has 0 spiro atoms. The topological polar surface area (TPSA) is 115 Å². The number of fused-ring (bicyclic) bond motifs is 1. The highest BCUT2D eigenvalue weighted by Gasteiger charge is 2.45. The molecule has 3 N–H and O–H groups in total. The fourth-order valence-corrected chi connectivity index (χ4v) is 2.73. The van der Waals surface area contributed by atoms with E-state index in [1.54, 1.807) is 24.9 Å². The van der Waals surface area contributed by atoms with E-state index in [-0.39, 0.29) is 6.61 Å². The van der Waals surface area contributed by atoms with Crippen molar-refractivity contribution in [3.63, 3.8) is 0 Å². The number of rotatable bonds is 4. The highest BCUT2D eigenvalue weighted by atomic mass is 16.6. The van der Waals surface area contributed by atoms with Crippen LogP contribution in [0.3, 0.4) is 0 Å². The van der Waals surface area contributed by atoms with Gasteiger partial charge in [-0.3, -0.25) is 4.57 Å². The summed E-state index contributed by atoms with van der Waals surface area (Å²) in [5.41, 5.74) is 1.18. The van der Waals surface area contributed by atoms with E-state index in [1.807, 2.05) is 0 Å². The number of nitrogens with one attached hydrogen (secondary N) is 1. The summed E-state index contributed by atoms with van der Waals surface area (Å²) in [6, 6.07) is 0. The zero-order valence-corrected chi connectivity index (χ0v) is 12.6. The molecule has 1 saturated heterocycles. The van der Waals surface area contributed by atoms with Gasteiger partial charge < -0.3 is 25.0 Å². The summed E-state index contributed by atoms with van der Waals surface area (Å²) in [5, 5.41) is 22.4. The lowest BCUT2D eigenvalue weighted by Gasteiger charge is -2.20. The van der Waals surface area contributed by atoms with Crippen molar-refractivity contribution in [2.45, 2.75) is 31.5 Å². The van der Waals surface area contributed by atoms with E-state index in [2.05, 4.69) is 20.3 Å². The molecule has 0 unspecified atom stereocenters. The van der Waals surface area contributed by atoms with Crippen LogP contribution in [0.15, 0.2) is 6.33 Å². The van der Waals surface area contributed by atoms with Crippen molar-refractivity contribution >= 4 is 17.0 Å². The van der Waals surface area contributed by atoms with Crippen LogP contribution < -0.4 is 5.32 Å². The first-order chi connectivity index (χ1) is 10.6. The molecule has 1 aliphatic rings. The predicted molar refractivity (Wildman–Crippen MR) is 77.4 cm³/mol. The Morgan fingerprint density at radius 3 is 2.86 bits per heavy atom. The van der Waals surface area contributed by atoms with Gasteiger partial charge in [0.1, 0.15) is 24.1 Å². The molecule has 3 rings (SSSR count). The minimum Gasteiger partial charge on any atom is -0.394 e. The van der Waals surface area contributed by atoms with Crippen molar-refractivity contribution in [1.82, 2.24) is 19.5 Å². The minimum atomic E-state index is -0.927. The average molecular weight is 309 g/mol. The van der Waals surface area contributed by atoms with Gasteiger partial charge in [0, 0.05) is 14.2 Å². The van der Waals surface area contributed by atoms with E-state index in [1.165, 1.54) is 7.11 Å². The lowest BCUT2D eigenvalue weighted by atomic mass is 10.1. The van der Waals surface area contributed by atoms with Crippen molar-refractivity contribution < 1.29 is 19.7 Å². The molecule has 4 atom stereocenters. The van der Waals surface area contributed by atoms with Gasteiger partial charge in [-0.25, -0.2) is 15.0 Å². The van der Waals surface area contributed by atoms with Crippen molar-refractivity contribution in [2.24, 2.45) is 0 Å². The second-order valence-electron chi connectivity index (χ2n) is 5.13. The Labute approximate surface area is 126 Å². The Balaban J connectivity index is 2.08. The van der Waals surface area contributed by atoms with Gasteiger partial charge in [0.2, 0.25) is 0 Å². The summed E-state index contributed by atoms with van der Waals surface area (Å²) in [6.07, 6.45) is -1.31. The minimum absolute atomic E-state index is 0.292. The Morgan fingerprint density at radius 1 is 1.45 bits per heavy atom. The predicted octanol–water partition coefficient (Wildman–Crippen LogP) is -0.558. The van der Waals surface area contributed by atoms with Crippen LogP contribution in [0, 0.1) is 6.92 Å². The number of aliphatic hydroxyl groups excluding tert-OH is 2. The number of hydrogen-bond donors (Lipinski definition) is 3. The molecule has 2 aromatic rings. The van der Waals surface area contributed by atoms with Crippen LogP contribution in [0.4, 0.5) is 5.82 Å². The summed E-state index contributed by atoms with van der Waals surface area (Å²) in [5.74, 6) is 1.21. The van der Waals surface area contributed by atoms with E-state index in [0.29, 0.717) is 22.8 Å². The van der Waals surface area contributed by atoms with Crippen LogP contribution in [0.5, 0.6) is 0 Å². The quantitative estimate of drug-likeness (QED) is 0.689. The maximum atomic E-state index is 10.2. The second-order valence-corrected chi connectivity index (χ2v) is 5.13. The van der Waals surface area contributed by atoms with Crippen molar-refractivity contribution in [1.29, 1.82) is 0 Å². The van der Waals surface area contributed by atoms with E-state index in [0.717, 1.165) is 0 Å². The molecule has 0 radical (unpaired) electrons. The van der Waals surface area contributed by atoms with Crippen molar-refractivity contribution in [3.8, 4) is 0 Å². The molecule has 0 amide bonds. The van der Waals surface area contributed by atoms with Crippen LogP contribution >= 0.6 is 0 Å². The number of hydrogen-bond acceptors (Lipinski definition) is 8. The van der Waals surface area contributed by atoms with Crippen LogP contribution in [0.25, 0.3) is 11.2 Å². The van der Waals surface area contributed by atoms with Gasteiger partial charge in [0.25, 0.3) is 0 Å². The summed E-state index contributed by atoms with van der Waals surface area (Å²) >= 11 is 0. The molecule has 120 valence electrons. The molecular formula is C13H19N5O4. The maximum absolute atomic E-state index is 10.2. The summed E-state index contributed by atoms with van der Waals surface area (Å²) in [6.45, 7) is 1.49. The van der Waals surface area contributed by atoms with Gasteiger partial charge in [-0.1, -0.05) is 0 Å². The van der Waals surface area contributed by atoms with E-state index in [9.17, 15) is 10.2 Å². The largest absolute Gasteiger partial charge is 0.394 e. The Morgan fingerprint density at radius 2 is 2.23 bits per heavy atom. The van der Waals surface area contributed by atoms with Gasteiger partial charge in [-0.05, 0) is 6.92 Å². The highest BCUT2D eigenvalue weighted by Crippen LogP contribution is 2.33. The van der Waals surface area contributed by atoms with Gasteiger partial charge in [-0.15, -0.1) is 0 Å². The molecule has 9 nitrogen and oxygen atoms in total. The number of aromatic nitrogens is 4. The second kappa shape index (κ2) is 5.76. The van der Waals surface area contributed by atoms with Crippen molar-refractivity contribution in [2.75, 3.05) is 26.1 Å². The van der Waals surface area contributed by atoms with Crippen molar-refractivity contribution in [3.05, 3.63) is 12.2 Å². The van der Waals surface area contributed by atoms with Crippen LogP contribution in [0.2, 0.25) is 0 Å². The SMILES string of the molecule is CNc1nc(C)nc2c1ncn2[C@@H]1O[C@H](CO)[C@@H](O)[C@H]1OC. The first kappa shape index (κ1) is 15.1. The maximum Gasteiger partial charge on any atom is 0.167 e. The van der Waals surface area contributed by atoms with E-state index < -0.39 is 24.5 Å². The van der Waals surface area contributed by atoms with Crippen LogP contribution in [-0.4, -0.2) is 68.8 Å². The fraction of sp³-hybridized carbons (Fsp3) is 0.615. The van der Waals surface area contributed by atoms with Crippen LogP contribution in [-0.2, 0) is 9.47 Å². The lowest BCUT2D eigenvalue weighted by Crippen LogP contribution is -2.34. The molecule has 0 aliphatic carbocycles. The standard InChI is InChI=1S/C13H19N5O4/c1-6-16-11(14-2)8-12(17-6)18(5-15-8)13-10(21-3)9(20)7(4-19)22-13/h5,7,9-10,13,19-20H,4H2,1-3H3,(H,14,16,17)/t7-,9-,10-,13-/m1/s1. The first-order valence-corrected chi connectivity index (χ1v) is 6.96. The van der Waals surface area contributed by atoms with E-state index >= 15 is 0 Å². The number of ether oxygens (including phenoxy) is 2. The third-order valence-electron chi connectivity index (χ3n) is 3.81. The average Bonchev–Trinajstić information content (AvgIpc) is 3.06. The molecular weight excluding hydrogens is 290 g/mol. The first-order valence-electron chi connectivity index (χ1n) is 6.96. The van der Waals surface area contributed by atoms with Gasteiger partial charge >= 0.3 is 0 Å². The summed E-state index contributed by atoms with van der Waals surface area (Å²) in [7, 11) is 3.25. The summed E-state index contributed by atoms with van der Waals surface area (Å²) < 4.78 is 12.7. The Bertz CT molecular complexity index is 676. The zero-order chi connectivity index (χ0) is 15.9. The molecule has 9 heteroatoms. The molecule has 2 aromatic heterocycles. The van der Waals surface area contributed by atoms with Gasteiger partial charge in [0.15, 0.2) is 23.2 Å². The van der Waals surface area contributed by atoms with E-state index in [4.69, 9.17) is 9.47 Å². The molecule has 3 heterocycles. The number of aryl methyl sites for hydroxylation is 1. The lowest BCUT2D eigenvalue weighted by molar-refractivity contribution is -0.0583.